The zero-order chi connectivity index (χ0) is 13.2. The summed E-state index contributed by atoms with van der Waals surface area (Å²) in [6.07, 6.45) is 2.44. The van der Waals surface area contributed by atoms with Crippen LogP contribution in [0.25, 0.3) is 0 Å². The van der Waals surface area contributed by atoms with Gasteiger partial charge in [-0.3, -0.25) is 0 Å². The van der Waals surface area contributed by atoms with Crippen LogP contribution in [-0.4, -0.2) is 30.5 Å². The monoisotopic (exact) mass is 249 g/mol. The Labute approximate surface area is 107 Å². The Balaban J connectivity index is 2.33. The summed E-state index contributed by atoms with van der Waals surface area (Å²) in [5.41, 5.74) is 1.18. The predicted octanol–water partition coefficient (Wildman–Crippen LogP) is 1.89. The van der Waals surface area contributed by atoms with Gasteiger partial charge in [-0.25, -0.2) is 4.79 Å². The van der Waals surface area contributed by atoms with Crippen molar-refractivity contribution in [2.75, 3.05) is 13.2 Å². The topological polar surface area (TPSA) is 58.6 Å². The molecule has 4 heteroatoms. The lowest BCUT2D eigenvalue weighted by Crippen LogP contribution is -2.38. The molecule has 98 valence electrons. The van der Waals surface area contributed by atoms with Crippen LogP contribution in [-0.2, 0) is 11.2 Å². The van der Waals surface area contributed by atoms with Gasteiger partial charge in [-0.2, -0.15) is 0 Å². The number of aryl methyl sites for hydroxylation is 1. The Morgan fingerprint density at radius 1 is 1.44 bits per heavy atom. The predicted molar refractivity (Wildman–Crippen MR) is 70.3 cm³/mol. The Morgan fingerprint density at radius 2 is 2.17 bits per heavy atom. The fourth-order valence-corrected chi connectivity index (χ4v) is 1.54. The average molecular weight is 249 g/mol. The number of carbonyl (C=O) groups excluding carboxylic acids is 1. The lowest BCUT2D eigenvalue weighted by molar-refractivity contribution is 0.144. The van der Waals surface area contributed by atoms with Gasteiger partial charge in [-0.1, -0.05) is 43.0 Å². The third-order valence-electron chi connectivity index (χ3n) is 2.50. The van der Waals surface area contributed by atoms with Crippen molar-refractivity contribution in [2.45, 2.75) is 18.9 Å². The molecular weight excluding hydrogens is 230 g/mol. The molecule has 0 saturated carbocycles. The number of nitrogens with one attached hydrogen (secondary N) is 1. The van der Waals surface area contributed by atoms with Crippen LogP contribution in [0.5, 0.6) is 0 Å². The summed E-state index contributed by atoms with van der Waals surface area (Å²) in [5.74, 6) is 0. The smallest absolute Gasteiger partial charge is 0.407 e. The summed E-state index contributed by atoms with van der Waals surface area (Å²) in [6.45, 7) is 3.52. The number of ether oxygens (including phenoxy) is 1. The van der Waals surface area contributed by atoms with Gasteiger partial charge < -0.3 is 15.2 Å². The number of alkyl carbamates (subject to hydrolysis) is 1. The molecule has 1 unspecified atom stereocenters. The fraction of sp³-hybridized carbons (Fsp3) is 0.357. The SMILES string of the molecule is C=CCOC(=O)NC(CO)CCc1ccccc1. The Hall–Kier alpha value is -1.81. The number of aliphatic hydroxyl groups excluding tert-OH is 1. The van der Waals surface area contributed by atoms with E-state index < -0.39 is 6.09 Å². The van der Waals surface area contributed by atoms with Gasteiger partial charge in [0, 0.05) is 0 Å². The maximum atomic E-state index is 11.3. The van der Waals surface area contributed by atoms with Crippen molar-refractivity contribution in [1.29, 1.82) is 0 Å². The van der Waals surface area contributed by atoms with Gasteiger partial charge in [0.2, 0.25) is 0 Å². The molecule has 4 nitrogen and oxygen atoms in total. The minimum Gasteiger partial charge on any atom is -0.445 e. The largest absolute Gasteiger partial charge is 0.445 e. The molecule has 0 bridgehead atoms. The standard InChI is InChI=1S/C14H19NO3/c1-2-10-18-14(17)15-13(11-16)9-8-12-6-4-3-5-7-12/h2-7,13,16H,1,8-11H2,(H,15,17). The first kappa shape index (κ1) is 14.3. The fourth-order valence-electron chi connectivity index (χ4n) is 1.54. The number of hydrogen-bond acceptors (Lipinski definition) is 3. The van der Waals surface area contributed by atoms with Crippen molar-refractivity contribution in [3.63, 3.8) is 0 Å². The maximum absolute atomic E-state index is 11.3. The second kappa shape index (κ2) is 8.31. The molecule has 0 radical (unpaired) electrons. The molecule has 0 aliphatic rings. The molecule has 1 amide bonds. The Morgan fingerprint density at radius 3 is 2.78 bits per heavy atom. The molecule has 1 aromatic carbocycles. The molecule has 0 saturated heterocycles. The molecule has 0 aliphatic carbocycles. The van der Waals surface area contributed by atoms with Crippen LogP contribution in [0.15, 0.2) is 43.0 Å². The Kier molecular flexibility index (Phi) is 6.58. The van der Waals surface area contributed by atoms with Crippen molar-refractivity contribution in [3.8, 4) is 0 Å². The number of hydrogen-bond donors (Lipinski definition) is 2. The van der Waals surface area contributed by atoms with E-state index >= 15 is 0 Å². The minimum absolute atomic E-state index is 0.101. The van der Waals surface area contributed by atoms with Gasteiger partial charge in [0.15, 0.2) is 0 Å². The number of aliphatic hydroxyl groups is 1. The highest BCUT2D eigenvalue weighted by atomic mass is 16.5. The average Bonchev–Trinajstić information content (AvgIpc) is 2.42. The van der Waals surface area contributed by atoms with E-state index in [1.807, 2.05) is 30.3 Å². The first-order valence-electron chi connectivity index (χ1n) is 5.95. The van der Waals surface area contributed by atoms with Crippen LogP contribution < -0.4 is 5.32 Å². The molecule has 0 aliphatic heterocycles. The highest BCUT2D eigenvalue weighted by molar-refractivity contribution is 5.67. The van der Waals surface area contributed by atoms with Gasteiger partial charge in [-0.05, 0) is 18.4 Å². The van der Waals surface area contributed by atoms with Gasteiger partial charge in [0.05, 0.1) is 12.6 Å². The van der Waals surface area contributed by atoms with Crippen LogP contribution in [0.4, 0.5) is 4.79 Å². The van der Waals surface area contributed by atoms with E-state index in [0.717, 1.165) is 6.42 Å². The van der Waals surface area contributed by atoms with Gasteiger partial charge >= 0.3 is 6.09 Å². The number of rotatable bonds is 7. The normalized spacial score (nSPS) is 11.6. The lowest BCUT2D eigenvalue weighted by Gasteiger charge is -2.15. The molecule has 0 heterocycles. The second-order valence-corrected chi connectivity index (χ2v) is 3.94. The van der Waals surface area contributed by atoms with Crippen molar-refractivity contribution in [2.24, 2.45) is 0 Å². The number of carbonyl (C=O) groups is 1. The maximum Gasteiger partial charge on any atom is 0.407 e. The summed E-state index contributed by atoms with van der Waals surface area (Å²) in [7, 11) is 0. The van der Waals surface area contributed by atoms with Crippen LogP contribution in [0.1, 0.15) is 12.0 Å². The van der Waals surface area contributed by atoms with Crippen LogP contribution >= 0.6 is 0 Å². The van der Waals surface area contributed by atoms with Gasteiger partial charge in [-0.15, -0.1) is 0 Å². The van der Waals surface area contributed by atoms with Crippen LogP contribution in [0.3, 0.4) is 0 Å². The summed E-state index contributed by atoms with van der Waals surface area (Å²) in [4.78, 5) is 11.3. The zero-order valence-electron chi connectivity index (χ0n) is 10.3. The third-order valence-corrected chi connectivity index (χ3v) is 2.50. The highest BCUT2D eigenvalue weighted by Gasteiger charge is 2.11. The van der Waals surface area contributed by atoms with E-state index in [9.17, 15) is 9.90 Å². The van der Waals surface area contributed by atoms with Crippen LogP contribution in [0, 0.1) is 0 Å². The van der Waals surface area contributed by atoms with Crippen molar-refractivity contribution in [3.05, 3.63) is 48.6 Å². The quantitative estimate of drug-likeness (QED) is 0.725. The third kappa shape index (κ3) is 5.50. The van der Waals surface area contributed by atoms with Gasteiger partial charge in [0.25, 0.3) is 0 Å². The molecule has 1 rings (SSSR count). The molecular formula is C14H19NO3. The summed E-state index contributed by atoms with van der Waals surface area (Å²) < 4.78 is 4.80. The first-order valence-corrected chi connectivity index (χ1v) is 5.95. The Bertz CT molecular complexity index is 365. The summed E-state index contributed by atoms with van der Waals surface area (Å²) in [6, 6.07) is 9.64. The molecule has 0 fully saturated rings. The second-order valence-electron chi connectivity index (χ2n) is 3.94. The lowest BCUT2D eigenvalue weighted by atomic mass is 10.1. The zero-order valence-corrected chi connectivity index (χ0v) is 10.3. The van der Waals surface area contributed by atoms with E-state index in [1.54, 1.807) is 0 Å². The van der Waals surface area contributed by atoms with E-state index in [-0.39, 0.29) is 19.3 Å². The number of amides is 1. The molecule has 18 heavy (non-hydrogen) atoms. The van der Waals surface area contributed by atoms with Crippen molar-refractivity contribution in [1.82, 2.24) is 5.32 Å². The molecule has 1 atom stereocenters. The minimum atomic E-state index is -0.526. The summed E-state index contributed by atoms with van der Waals surface area (Å²) >= 11 is 0. The summed E-state index contributed by atoms with van der Waals surface area (Å²) in [5, 5.41) is 11.8. The molecule has 1 aromatic rings. The first-order chi connectivity index (χ1) is 8.76. The van der Waals surface area contributed by atoms with E-state index in [1.165, 1.54) is 11.6 Å². The molecule has 2 N–H and O–H groups in total. The van der Waals surface area contributed by atoms with E-state index in [2.05, 4.69) is 11.9 Å². The van der Waals surface area contributed by atoms with Crippen LogP contribution in [0.2, 0.25) is 0 Å². The van der Waals surface area contributed by atoms with E-state index in [0.29, 0.717) is 6.42 Å². The number of benzene rings is 1. The van der Waals surface area contributed by atoms with E-state index in [4.69, 9.17) is 4.74 Å². The molecule has 0 aromatic heterocycles. The molecule has 0 spiro atoms. The van der Waals surface area contributed by atoms with Gasteiger partial charge in [0.1, 0.15) is 6.61 Å². The van der Waals surface area contributed by atoms with Crippen molar-refractivity contribution < 1.29 is 14.6 Å². The highest BCUT2D eigenvalue weighted by Crippen LogP contribution is 2.05. The van der Waals surface area contributed by atoms with Crippen molar-refractivity contribution >= 4 is 6.09 Å².